The topological polar surface area (TPSA) is 81.1 Å². The molecule has 0 saturated heterocycles. The smallest absolute Gasteiger partial charge is 1.00 e. The molecule has 0 aromatic carbocycles. The monoisotopic (exact) mass is 153 g/mol. The largest absolute Gasteiger partial charge is 1.00 e. The van der Waals surface area contributed by atoms with E-state index >= 15 is 0 Å². The third-order valence-corrected chi connectivity index (χ3v) is 0.396. The molecule has 0 atom stereocenters. The Morgan fingerprint density at radius 1 is 1.71 bits per heavy atom. The summed E-state index contributed by atoms with van der Waals surface area (Å²) in [4.78, 5) is 0. The maximum Gasteiger partial charge on any atom is 1.00 e. The zero-order chi connectivity index (χ0) is 5.21. The van der Waals surface area contributed by atoms with Crippen LogP contribution in [0.1, 0.15) is 1.43 Å². The molecular formula is H6FKN3OP. The normalized spacial score (nSPS) is 10.1. The number of rotatable bonds is 1. The van der Waals surface area contributed by atoms with Crippen molar-refractivity contribution in [1.82, 2.24) is 5.31 Å². The predicted octanol–water partition coefficient (Wildman–Crippen LogP) is -3.40. The van der Waals surface area contributed by atoms with Crippen LogP contribution in [0.2, 0.25) is 0 Å². The molecular weight excluding hydrogens is 147 g/mol. The van der Waals surface area contributed by atoms with Crippen LogP contribution < -0.4 is 67.7 Å². The fraction of sp³-hybridized carbons (Fsp3) is 0. The number of hydrogen-bond acceptors (Lipinski definition) is 1. The first-order chi connectivity index (χ1) is 2.56. The van der Waals surface area contributed by atoms with Crippen LogP contribution in [0, 0.1) is 0 Å². The second-order valence-corrected chi connectivity index (χ2v) is 2.38. The number of nitrogens with two attached hydrogens (primary N) is 2. The van der Waals surface area contributed by atoms with E-state index in [0.717, 1.165) is 0 Å². The quantitative estimate of drug-likeness (QED) is 0.208. The fourth-order valence-corrected chi connectivity index (χ4v) is 0. The summed E-state index contributed by atoms with van der Waals surface area (Å²) < 4.78 is 20.4. The van der Waals surface area contributed by atoms with Crippen molar-refractivity contribution >= 4 is 7.59 Å². The summed E-state index contributed by atoms with van der Waals surface area (Å²) in [5, 5.41) is 0.715. The van der Waals surface area contributed by atoms with Gasteiger partial charge in [-0.15, -0.1) is 4.48 Å². The molecule has 0 saturated carbocycles. The van der Waals surface area contributed by atoms with Gasteiger partial charge in [0.1, 0.15) is 0 Å². The summed E-state index contributed by atoms with van der Waals surface area (Å²) in [5.74, 6) is 0. The minimum absolute atomic E-state index is 0. The first-order valence-electron chi connectivity index (χ1n) is 1.11. The molecule has 7 heavy (non-hydrogen) atoms. The summed E-state index contributed by atoms with van der Waals surface area (Å²) in [7, 11) is -3.56. The molecule has 4 nitrogen and oxygen atoms in total. The van der Waals surface area contributed by atoms with Crippen molar-refractivity contribution in [3.05, 3.63) is 0 Å². The van der Waals surface area contributed by atoms with E-state index in [1.54, 1.807) is 0 Å². The van der Waals surface area contributed by atoms with Gasteiger partial charge in [0.25, 0.3) is 0 Å². The number of nitrogens with one attached hydrogen (secondary N) is 1. The van der Waals surface area contributed by atoms with Gasteiger partial charge in [-0.1, -0.05) is 5.31 Å². The van der Waals surface area contributed by atoms with E-state index in [0.29, 0.717) is 5.31 Å². The van der Waals surface area contributed by atoms with Crippen LogP contribution in [-0.4, -0.2) is 0 Å². The van der Waals surface area contributed by atoms with Gasteiger partial charge >= 0.3 is 59.0 Å². The summed E-state index contributed by atoms with van der Waals surface area (Å²) in [6, 6.07) is 0. The number of halogens is 1. The molecule has 7 heteroatoms. The van der Waals surface area contributed by atoms with Gasteiger partial charge in [0.2, 0.25) is 0 Å². The van der Waals surface area contributed by atoms with Crippen LogP contribution in [0.5, 0.6) is 0 Å². The van der Waals surface area contributed by atoms with Crippen molar-refractivity contribution in [3.8, 4) is 0 Å². The molecule has 0 spiro atoms. The summed E-state index contributed by atoms with van der Waals surface area (Å²) in [6.45, 7) is 0. The van der Waals surface area contributed by atoms with Gasteiger partial charge in [-0.3, -0.25) is 15.6 Å². The molecule has 0 unspecified atom stereocenters. The average Bonchev–Trinajstić information content (AvgIpc) is 1.35. The van der Waals surface area contributed by atoms with Crippen LogP contribution in [0.3, 0.4) is 0 Å². The molecule has 40 valence electrons. The Labute approximate surface area is 84.6 Å². The van der Waals surface area contributed by atoms with Gasteiger partial charge in [-0.2, -0.15) is 0 Å². The van der Waals surface area contributed by atoms with Gasteiger partial charge in [-0.05, 0) is 0 Å². The molecule has 0 aliphatic rings. The van der Waals surface area contributed by atoms with E-state index < -0.39 is 7.59 Å². The molecule has 0 aromatic heterocycles. The van der Waals surface area contributed by atoms with Crippen molar-refractivity contribution in [2.24, 2.45) is 11.0 Å². The summed E-state index contributed by atoms with van der Waals surface area (Å²) in [6.07, 6.45) is 0. The summed E-state index contributed by atoms with van der Waals surface area (Å²) in [5.41, 5.74) is 8.76. The SMILES string of the molecule is NP(N)(=O)NF.[H-].[K+]. The molecule has 0 fully saturated rings. The minimum atomic E-state index is -3.56. The van der Waals surface area contributed by atoms with Crippen molar-refractivity contribution in [2.45, 2.75) is 0 Å². The zero-order valence-corrected chi connectivity index (χ0v) is 7.91. The Morgan fingerprint density at radius 3 is 1.86 bits per heavy atom. The Hall–Kier alpha value is 1.68. The van der Waals surface area contributed by atoms with Crippen LogP contribution in [-0.2, 0) is 4.57 Å². The summed E-state index contributed by atoms with van der Waals surface area (Å²) >= 11 is 0. The van der Waals surface area contributed by atoms with Crippen LogP contribution in [0.15, 0.2) is 0 Å². The third-order valence-electron chi connectivity index (χ3n) is 0.132. The van der Waals surface area contributed by atoms with Crippen molar-refractivity contribution in [3.63, 3.8) is 0 Å². The molecule has 0 heterocycles. The first-order valence-corrected chi connectivity index (χ1v) is 2.96. The molecule has 0 radical (unpaired) electrons. The van der Waals surface area contributed by atoms with Gasteiger partial charge < -0.3 is 1.43 Å². The van der Waals surface area contributed by atoms with Crippen LogP contribution in [0.4, 0.5) is 4.48 Å². The van der Waals surface area contributed by atoms with Crippen molar-refractivity contribution in [2.75, 3.05) is 0 Å². The first kappa shape index (κ1) is 11.5. The second kappa shape index (κ2) is 4.55. The third kappa shape index (κ3) is 11.3. The predicted molar refractivity (Wildman–Crippen MR) is 21.3 cm³/mol. The second-order valence-electron chi connectivity index (χ2n) is 0.794. The molecule has 0 aliphatic heterocycles. The van der Waals surface area contributed by atoms with E-state index in [1.807, 2.05) is 0 Å². The Morgan fingerprint density at radius 2 is 1.86 bits per heavy atom. The fourth-order valence-electron chi connectivity index (χ4n) is 0. The van der Waals surface area contributed by atoms with E-state index in [1.165, 1.54) is 0 Å². The van der Waals surface area contributed by atoms with E-state index in [-0.39, 0.29) is 52.8 Å². The maximum absolute atomic E-state index is 10.7. The maximum atomic E-state index is 10.7. The van der Waals surface area contributed by atoms with Crippen molar-refractivity contribution in [1.29, 1.82) is 0 Å². The Balaban J connectivity index is -0.000000125. The standard InChI is InChI=1S/FH5N3OP.K.H/c1-4-6(2,3)5;;/h(H5,2,3,4,5);;/q;+1;-1. The molecule has 0 aromatic rings. The Bertz CT molecular complexity index is 83.4. The van der Waals surface area contributed by atoms with Gasteiger partial charge in [0, 0.05) is 0 Å². The van der Waals surface area contributed by atoms with Gasteiger partial charge in [0.15, 0.2) is 0 Å². The van der Waals surface area contributed by atoms with Gasteiger partial charge in [0.05, 0.1) is 0 Å². The van der Waals surface area contributed by atoms with Crippen LogP contribution in [0.25, 0.3) is 0 Å². The van der Waals surface area contributed by atoms with E-state index in [9.17, 15) is 9.05 Å². The molecule has 0 amide bonds. The van der Waals surface area contributed by atoms with Crippen molar-refractivity contribution < 1.29 is 61.9 Å². The Kier molecular flexibility index (Phi) is 7.45. The van der Waals surface area contributed by atoms with E-state index in [4.69, 9.17) is 0 Å². The van der Waals surface area contributed by atoms with Crippen LogP contribution >= 0.6 is 7.59 Å². The molecule has 0 aliphatic carbocycles. The minimum Gasteiger partial charge on any atom is -1.00 e. The molecule has 5 N–H and O–H groups in total. The number of hydrogen-bond donors (Lipinski definition) is 3. The van der Waals surface area contributed by atoms with E-state index in [2.05, 4.69) is 11.0 Å². The molecule has 0 rings (SSSR count). The average molecular weight is 153 g/mol. The molecule has 0 bridgehead atoms. The van der Waals surface area contributed by atoms with Gasteiger partial charge in [-0.25, -0.2) is 0 Å². The zero-order valence-electron chi connectivity index (χ0n) is 4.89.